The van der Waals surface area contributed by atoms with Crippen molar-refractivity contribution in [1.82, 2.24) is 15.2 Å². The van der Waals surface area contributed by atoms with Gasteiger partial charge in [-0.2, -0.15) is 0 Å². The van der Waals surface area contributed by atoms with Crippen molar-refractivity contribution in [1.29, 1.82) is 0 Å². The molecule has 0 radical (unpaired) electrons. The highest BCUT2D eigenvalue weighted by atomic mass is 16.6. The summed E-state index contributed by atoms with van der Waals surface area (Å²) in [5, 5.41) is 2.90. The number of carbonyl (C=O) groups excluding carboxylic acids is 2. The summed E-state index contributed by atoms with van der Waals surface area (Å²) >= 11 is 0. The first kappa shape index (κ1) is 17.9. The highest BCUT2D eigenvalue weighted by Crippen LogP contribution is 2.19. The first-order valence-electron chi connectivity index (χ1n) is 8.88. The van der Waals surface area contributed by atoms with Crippen LogP contribution in [0, 0.1) is 0 Å². The number of nitrogens with zero attached hydrogens (tertiary/aromatic N) is 2. The molecule has 0 spiro atoms. The van der Waals surface area contributed by atoms with Crippen LogP contribution in [0.25, 0.3) is 0 Å². The number of carbonyl (C=O) groups is 2. The first-order valence-corrected chi connectivity index (χ1v) is 8.88. The zero-order valence-electron chi connectivity index (χ0n) is 14.6. The third-order valence-electron chi connectivity index (χ3n) is 4.43. The molecule has 0 saturated carbocycles. The molecule has 1 aliphatic rings. The Morgan fingerprint density at radius 3 is 2.65 bits per heavy atom. The predicted octanol–water partition coefficient (Wildman–Crippen LogP) is 2.54. The van der Waals surface area contributed by atoms with Gasteiger partial charge < -0.3 is 10.1 Å². The molecule has 0 bridgehead atoms. The first-order chi connectivity index (χ1) is 12.7. The van der Waals surface area contributed by atoms with Crippen molar-refractivity contribution in [2.75, 3.05) is 13.1 Å². The lowest BCUT2D eigenvalue weighted by Crippen LogP contribution is -2.58. The number of nitrogens with one attached hydrogen (secondary N) is 1. The number of likely N-dealkylation sites (tertiary alicyclic amines) is 1. The predicted molar refractivity (Wildman–Crippen MR) is 97.3 cm³/mol. The van der Waals surface area contributed by atoms with Crippen molar-refractivity contribution in [3.63, 3.8) is 0 Å². The third-order valence-corrected chi connectivity index (χ3v) is 4.43. The zero-order valence-corrected chi connectivity index (χ0v) is 14.6. The number of hydrogen-bond donors (Lipinski definition) is 1. The van der Waals surface area contributed by atoms with Crippen LogP contribution in [-0.4, -0.2) is 41.0 Å². The maximum atomic E-state index is 12.3. The minimum absolute atomic E-state index is 0.112. The Morgan fingerprint density at radius 2 is 1.96 bits per heavy atom. The van der Waals surface area contributed by atoms with Gasteiger partial charge in [0.1, 0.15) is 12.6 Å². The van der Waals surface area contributed by atoms with E-state index in [0.29, 0.717) is 19.5 Å². The SMILES string of the molecule is O=C(NCCCc1cccnc1)[C@@H]1CCN1C(=O)OCc1ccccc1. The van der Waals surface area contributed by atoms with Crippen LogP contribution in [-0.2, 0) is 22.6 Å². The standard InChI is InChI=1S/C20H23N3O3/c24-19(22-12-5-9-16-8-4-11-21-14-16)18-10-13-23(18)20(25)26-15-17-6-2-1-3-7-17/h1-4,6-8,11,14,18H,5,9-10,12-13,15H2,(H,22,24)/t18-/m0/s1. The Labute approximate surface area is 153 Å². The number of ether oxygens (including phenoxy) is 1. The maximum Gasteiger partial charge on any atom is 0.410 e. The molecule has 136 valence electrons. The molecule has 0 aliphatic carbocycles. The molecule has 2 heterocycles. The van der Waals surface area contributed by atoms with E-state index in [2.05, 4.69) is 10.3 Å². The van der Waals surface area contributed by atoms with Gasteiger partial charge in [0, 0.05) is 25.5 Å². The van der Waals surface area contributed by atoms with Gasteiger partial charge >= 0.3 is 6.09 Å². The molecule has 1 fully saturated rings. The third kappa shape index (κ3) is 4.81. The van der Waals surface area contributed by atoms with Crippen LogP contribution in [0.15, 0.2) is 54.9 Å². The van der Waals surface area contributed by atoms with E-state index in [1.54, 1.807) is 6.20 Å². The normalized spacial score (nSPS) is 15.8. The van der Waals surface area contributed by atoms with Crippen LogP contribution in [0.1, 0.15) is 24.0 Å². The van der Waals surface area contributed by atoms with Crippen molar-refractivity contribution in [3.05, 3.63) is 66.0 Å². The molecule has 1 aliphatic heterocycles. The van der Waals surface area contributed by atoms with E-state index in [4.69, 9.17) is 4.74 Å². The van der Waals surface area contributed by atoms with Crippen LogP contribution in [0.2, 0.25) is 0 Å². The molecule has 6 heteroatoms. The van der Waals surface area contributed by atoms with E-state index < -0.39 is 12.1 Å². The lowest BCUT2D eigenvalue weighted by molar-refractivity contribution is -0.129. The highest BCUT2D eigenvalue weighted by Gasteiger charge is 2.38. The fraction of sp³-hybridized carbons (Fsp3) is 0.350. The van der Waals surface area contributed by atoms with Gasteiger partial charge in [0.25, 0.3) is 0 Å². The molecule has 1 aromatic heterocycles. The summed E-state index contributed by atoms with van der Waals surface area (Å²) in [5.41, 5.74) is 2.08. The Hall–Kier alpha value is -2.89. The number of aryl methyl sites for hydroxylation is 1. The summed E-state index contributed by atoms with van der Waals surface area (Å²) in [5.74, 6) is -0.112. The lowest BCUT2D eigenvalue weighted by atomic mass is 10.0. The molecular weight excluding hydrogens is 330 g/mol. The van der Waals surface area contributed by atoms with E-state index in [1.165, 1.54) is 4.90 Å². The molecule has 26 heavy (non-hydrogen) atoms. The molecule has 2 amide bonds. The Bertz CT molecular complexity index is 722. The molecule has 3 rings (SSSR count). The molecule has 1 aromatic carbocycles. The summed E-state index contributed by atoms with van der Waals surface area (Å²) in [6.45, 7) is 1.36. The van der Waals surface area contributed by atoms with Gasteiger partial charge in [0.15, 0.2) is 0 Å². The van der Waals surface area contributed by atoms with E-state index in [9.17, 15) is 9.59 Å². The van der Waals surface area contributed by atoms with Gasteiger partial charge in [-0.25, -0.2) is 4.79 Å². The van der Waals surface area contributed by atoms with Gasteiger partial charge in [0.05, 0.1) is 0 Å². The molecule has 1 saturated heterocycles. The van der Waals surface area contributed by atoms with E-state index in [0.717, 1.165) is 24.0 Å². The average Bonchev–Trinajstić information content (AvgIpc) is 2.64. The number of hydrogen-bond acceptors (Lipinski definition) is 4. The Morgan fingerprint density at radius 1 is 1.15 bits per heavy atom. The number of aromatic nitrogens is 1. The van der Waals surface area contributed by atoms with Crippen molar-refractivity contribution in [3.8, 4) is 0 Å². The van der Waals surface area contributed by atoms with Gasteiger partial charge in [-0.05, 0) is 36.5 Å². The molecule has 6 nitrogen and oxygen atoms in total. The lowest BCUT2D eigenvalue weighted by Gasteiger charge is -2.38. The van der Waals surface area contributed by atoms with Gasteiger partial charge in [-0.1, -0.05) is 36.4 Å². The fourth-order valence-electron chi connectivity index (χ4n) is 2.85. The number of benzene rings is 1. The second-order valence-corrected chi connectivity index (χ2v) is 6.29. The average molecular weight is 353 g/mol. The van der Waals surface area contributed by atoms with Gasteiger partial charge in [0.2, 0.25) is 5.91 Å². The van der Waals surface area contributed by atoms with Crippen molar-refractivity contribution >= 4 is 12.0 Å². The van der Waals surface area contributed by atoms with Crippen LogP contribution >= 0.6 is 0 Å². The summed E-state index contributed by atoms with van der Waals surface area (Å²) < 4.78 is 5.30. The number of rotatable bonds is 7. The smallest absolute Gasteiger partial charge is 0.410 e. The number of amides is 2. The molecular formula is C20H23N3O3. The van der Waals surface area contributed by atoms with Crippen LogP contribution in [0.3, 0.4) is 0 Å². The van der Waals surface area contributed by atoms with E-state index in [-0.39, 0.29) is 12.5 Å². The molecule has 0 unspecified atom stereocenters. The maximum absolute atomic E-state index is 12.3. The van der Waals surface area contributed by atoms with Crippen molar-refractivity contribution < 1.29 is 14.3 Å². The minimum atomic E-state index is -0.435. The van der Waals surface area contributed by atoms with Crippen LogP contribution in [0.4, 0.5) is 4.79 Å². The molecule has 1 atom stereocenters. The van der Waals surface area contributed by atoms with Crippen LogP contribution in [0.5, 0.6) is 0 Å². The summed E-state index contributed by atoms with van der Waals surface area (Å²) in [4.78, 5) is 30.0. The minimum Gasteiger partial charge on any atom is -0.445 e. The fourth-order valence-corrected chi connectivity index (χ4v) is 2.85. The number of pyridine rings is 1. The summed E-state index contributed by atoms with van der Waals surface area (Å²) in [6.07, 6.45) is 5.51. The monoisotopic (exact) mass is 353 g/mol. The summed E-state index contributed by atoms with van der Waals surface area (Å²) in [6, 6.07) is 13.0. The van der Waals surface area contributed by atoms with E-state index in [1.807, 2.05) is 48.7 Å². The molecule has 2 aromatic rings. The Kier molecular flexibility index (Phi) is 6.19. The van der Waals surface area contributed by atoms with Gasteiger partial charge in [-0.3, -0.25) is 14.7 Å². The van der Waals surface area contributed by atoms with Crippen LogP contribution < -0.4 is 5.32 Å². The largest absolute Gasteiger partial charge is 0.445 e. The van der Waals surface area contributed by atoms with Crippen molar-refractivity contribution in [2.45, 2.75) is 31.9 Å². The van der Waals surface area contributed by atoms with E-state index >= 15 is 0 Å². The molecule has 1 N–H and O–H groups in total. The topological polar surface area (TPSA) is 71.5 Å². The zero-order chi connectivity index (χ0) is 18.2. The highest BCUT2D eigenvalue weighted by molar-refractivity contribution is 5.87. The second-order valence-electron chi connectivity index (χ2n) is 6.29. The summed E-state index contributed by atoms with van der Waals surface area (Å²) in [7, 11) is 0. The Balaban J connectivity index is 1.37. The van der Waals surface area contributed by atoms with Gasteiger partial charge in [-0.15, -0.1) is 0 Å². The second kappa shape index (κ2) is 8.99. The van der Waals surface area contributed by atoms with Crippen molar-refractivity contribution in [2.24, 2.45) is 0 Å². The quantitative estimate of drug-likeness (QED) is 0.777.